The van der Waals surface area contributed by atoms with Crippen LogP contribution in [0.4, 0.5) is 13.2 Å². The van der Waals surface area contributed by atoms with Gasteiger partial charge < -0.3 is 4.74 Å². The third kappa shape index (κ3) is 6.04. The summed E-state index contributed by atoms with van der Waals surface area (Å²) in [5.74, 6) is -0.466. The quantitative estimate of drug-likeness (QED) is 0.563. The van der Waals surface area contributed by atoms with Crippen LogP contribution in [0.1, 0.15) is 6.42 Å². The Labute approximate surface area is 97.5 Å². The first kappa shape index (κ1) is 14.5. The first-order valence-corrected chi connectivity index (χ1v) is 6.68. The van der Waals surface area contributed by atoms with Crippen LogP contribution >= 0.6 is 0 Å². The standard InChI is InChI=1S/C9H13F3O4S/c1-17(13,14)16-5-7-3-2-4-8(7)15-6-9(10,11)12/h2-3,7-8H,4-6H2,1H3/t7-,8+/m0/s1. The van der Waals surface area contributed by atoms with E-state index in [2.05, 4.69) is 8.92 Å². The Kier molecular flexibility index (Phi) is 4.56. The smallest absolute Gasteiger partial charge is 0.368 e. The lowest BCUT2D eigenvalue weighted by Crippen LogP contribution is -2.28. The summed E-state index contributed by atoms with van der Waals surface area (Å²) in [7, 11) is -3.59. The largest absolute Gasteiger partial charge is 0.411 e. The van der Waals surface area contributed by atoms with Crippen LogP contribution in [-0.2, 0) is 19.0 Å². The van der Waals surface area contributed by atoms with Crippen molar-refractivity contribution in [2.45, 2.75) is 18.7 Å². The fraction of sp³-hybridized carbons (Fsp3) is 0.778. The summed E-state index contributed by atoms with van der Waals surface area (Å²) in [6, 6.07) is 0. The Balaban J connectivity index is 2.41. The maximum absolute atomic E-state index is 11.9. The molecule has 8 heteroatoms. The number of hydrogen-bond acceptors (Lipinski definition) is 4. The van der Waals surface area contributed by atoms with Gasteiger partial charge in [-0.15, -0.1) is 0 Å². The van der Waals surface area contributed by atoms with Gasteiger partial charge in [-0.2, -0.15) is 21.6 Å². The number of alkyl halides is 3. The van der Waals surface area contributed by atoms with E-state index in [9.17, 15) is 21.6 Å². The molecule has 0 saturated heterocycles. The van der Waals surface area contributed by atoms with Gasteiger partial charge in [0.2, 0.25) is 0 Å². The molecule has 4 nitrogen and oxygen atoms in total. The van der Waals surface area contributed by atoms with E-state index in [0.29, 0.717) is 6.42 Å². The Hall–Kier alpha value is -0.600. The van der Waals surface area contributed by atoms with Gasteiger partial charge >= 0.3 is 6.18 Å². The van der Waals surface area contributed by atoms with E-state index < -0.39 is 34.9 Å². The molecule has 1 aliphatic carbocycles. The van der Waals surface area contributed by atoms with Gasteiger partial charge in [-0.25, -0.2) is 0 Å². The molecule has 2 atom stereocenters. The van der Waals surface area contributed by atoms with Crippen molar-refractivity contribution in [3.63, 3.8) is 0 Å². The summed E-state index contributed by atoms with van der Waals surface area (Å²) in [5, 5.41) is 0. The molecule has 0 heterocycles. The molecule has 0 spiro atoms. The first-order valence-electron chi connectivity index (χ1n) is 4.87. The molecule has 0 radical (unpaired) electrons. The highest BCUT2D eigenvalue weighted by Gasteiger charge is 2.32. The zero-order chi connectivity index (χ0) is 13.1. The van der Waals surface area contributed by atoms with Crippen LogP contribution < -0.4 is 0 Å². The molecule has 0 bridgehead atoms. The monoisotopic (exact) mass is 274 g/mol. The summed E-state index contributed by atoms with van der Waals surface area (Å²) in [4.78, 5) is 0. The highest BCUT2D eigenvalue weighted by molar-refractivity contribution is 7.85. The highest BCUT2D eigenvalue weighted by atomic mass is 32.2. The summed E-state index contributed by atoms with van der Waals surface area (Å²) in [6.07, 6.45) is -0.599. The Bertz CT molecular complexity index is 374. The van der Waals surface area contributed by atoms with E-state index in [-0.39, 0.29) is 6.61 Å². The number of ether oxygens (including phenoxy) is 1. The summed E-state index contributed by atoms with van der Waals surface area (Å²) < 4.78 is 66.5. The lowest BCUT2D eigenvalue weighted by Gasteiger charge is -2.20. The molecule has 0 N–H and O–H groups in total. The first-order chi connectivity index (χ1) is 7.67. The molecule has 0 aromatic rings. The second kappa shape index (κ2) is 5.36. The third-order valence-electron chi connectivity index (χ3n) is 2.16. The molecule has 17 heavy (non-hydrogen) atoms. The van der Waals surface area contributed by atoms with Gasteiger partial charge in [0, 0.05) is 5.92 Å². The Morgan fingerprint density at radius 3 is 2.59 bits per heavy atom. The summed E-state index contributed by atoms with van der Waals surface area (Å²) in [5.41, 5.74) is 0. The Morgan fingerprint density at radius 2 is 2.06 bits per heavy atom. The normalized spacial score (nSPS) is 25.4. The maximum atomic E-state index is 11.9. The number of rotatable bonds is 5. The van der Waals surface area contributed by atoms with Gasteiger partial charge in [-0.05, 0) is 6.42 Å². The van der Waals surface area contributed by atoms with Crippen molar-refractivity contribution in [1.82, 2.24) is 0 Å². The average molecular weight is 274 g/mol. The zero-order valence-corrected chi connectivity index (χ0v) is 9.92. The molecular weight excluding hydrogens is 261 g/mol. The minimum atomic E-state index is -4.38. The van der Waals surface area contributed by atoms with E-state index in [1.807, 2.05) is 0 Å². The zero-order valence-electron chi connectivity index (χ0n) is 9.11. The molecule has 0 saturated carbocycles. The third-order valence-corrected chi connectivity index (χ3v) is 2.73. The van der Waals surface area contributed by atoms with Crippen LogP contribution in [0, 0.1) is 5.92 Å². The second-order valence-electron chi connectivity index (χ2n) is 3.78. The Morgan fingerprint density at radius 1 is 1.41 bits per heavy atom. The van der Waals surface area contributed by atoms with Crippen molar-refractivity contribution in [3.8, 4) is 0 Å². The molecule has 0 aliphatic heterocycles. The lowest BCUT2D eigenvalue weighted by atomic mass is 10.1. The molecule has 1 rings (SSSR count). The van der Waals surface area contributed by atoms with Crippen molar-refractivity contribution in [2.75, 3.05) is 19.5 Å². The SMILES string of the molecule is CS(=O)(=O)OC[C@@H]1C=CC[C@H]1OCC(F)(F)F. The van der Waals surface area contributed by atoms with Crippen molar-refractivity contribution in [2.24, 2.45) is 5.92 Å². The van der Waals surface area contributed by atoms with Crippen molar-refractivity contribution in [1.29, 1.82) is 0 Å². The van der Waals surface area contributed by atoms with Crippen molar-refractivity contribution < 1.29 is 30.5 Å². The number of hydrogen-bond donors (Lipinski definition) is 0. The molecule has 0 aromatic carbocycles. The van der Waals surface area contributed by atoms with Crippen LogP contribution in [0.2, 0.25) is 0 Å². The minimum absolute atomic E-state index is 0.197. The van der Waals surface area contributed by atoms with Gasteiger partial charge in [0.05, 0.1) is 19.0 Å². The summed E-state index contributed by atoms with van der Waals surface area (Å²) >= 11 is 0. The highest BCUT2D eigenvalue weighted by Crippen LogP contribution is 2.25. The van der Waals surface area contributed by atoms with Gasteiger partial charge in [-0.1, -0.05) is 12.2 Å². The average Bonchev–Trinajstić information content (AvgIpc) is 2.56. The fourth-order valence-corrected chi connectivity index (χ4v) is 1.85. The van der Waals surface area contributed by atoms with Crippen LogP contribution in [0.3, 0.4) is 0 Å². The van der Waals surface area contributed by atoms with E-state index in [0.717, 1.165) is 6.26 Å². The molecule has 0 aromatic heterocycles. The van der Waals surface area contributed by atoms with Gasteiger partial charge in [0.1, 0.15) is 6.61 Å². The molecule has 100 valence electrons. The van der Waals surface area contributed by atoms with Crippen LogP contribution in [0.5, 0.6) is 0 Å². The van der Waals surface area contributed by atoms with E-state index in [4.69, 9.17) is 0 Å². The van der Waals surface area contributed by atoms with Gasteiger partial charge in [0.25, 0.3) is 10.1 Å². The van der Waals surface area contributed by atoms with Crippen molar-refractivity contribution in [3.05, 3.63) is 12.2 Å². The van der Waals surface area contributed by atoms with Crippen LogP contribution in [-0.4, -0.2) is 40.2 Å². The molecule has 0 fully saturated rings. The minimum Gasteiger partial charge on any atom is -0.368 e. The van der Waals surface area contributed by atoms with Gasteiger partial charge in [0.15, 0.2) is 0 Å². The molecular formula is C9H13F3O4S. The molecule has 0 unspecified atom stereocenters. The van der Waals surface area contributed by atoms with E-state index in [1.54, 1.807) is 12.2 Å². The van der Waals surface area contributed by atoms with Crippen LogP contribution in [0.25, 0.3) is 0 Å². The fourth-order valence-electron chi connectivity index (χ4n) is 1.44. The van der Waals surface area contributed by atoms with E-state index in [1.165, 1.54) is 0 Å². The van der Waals surface area contributed by atoms with Gasteiger partial charge in [-0.3, -0.25) is 4.18 Å². The second-order valence-corrected chi connectivity index (χ2v) is 5.42. The topological polar surface area (TPSA) is 52.6 Å². The maximum Gasteiger partial charge on any atom is 0.411 e. The van der Waals surface area contributed by atoms with Crippen molar-refractivity contribution >= 4 is 10.1 Å². The predicted molar refractivity (Wildman–Crippen MR) is 53.8 cm³/mol. The van der Waals surface area contributed by atoms with Crippen LogP contribution in [0.15, 0.2) is 12.2 Å². The molecule has 0 amide bonds. The molecule has 1 aliphatic rings. The number of halogens is 3. The van der Waals surface area contributed by atoms with E-state index >= 15 is 0 Å². The predicted octanol–water partition coefficient (Wildman–Crippen LogP) is 1.49. The summed E-state index contributed by atoms with van der Waals surface area (Å²) in [6.45, 7) is -1.54. The lowest BCUT2D eigenvalue weighted by molar-refractivity contribution is -0.188.